The minimum atomic E-state index is -1.59. The lowest BCUT2D eigenvalue weighted by Crippen LogP contribution is -2.58. The van der Waals surface area contributed by atoms with Gasteiger partial charge in [0, 0.05) is 6.42 Å². The summed E-state index contributed by atoms with van der Waals surface area (Å²) in [6, 6.07) is -1.25. The molecule has 20 nitrogen and oxygen atoms in total. The molecule has 8 amide bonds. The molecule has 0 aliphatic heterocycles. The standard InChI is InChI=1S/C31H47N9O11/c1-14(2)25(34)30(49)39-20(11-22(33)43)29(48)38-18(9-16-5-7-17(41)8-6-16)27(46)35-12-23(44)37-19(10-21(32)42)28(47)36-13-24(45)40-26(15(3)4)31(50)51/h5-8,14-15,18-20,25-26,41H,9-13,34H2,1-4H3,(H2,32,42)(H2,33,43)(H,35,46)(H,36,47)(H,37,44)(H,38,48)(H,39,49)(H,40,45)(H,50,51). The first-order chi connectivity index (χ1) is 23.7. The van der Waals surface area contributed by atoms with Gasteiger partial charge in [0.25, 0.3) is 0 Å². The zero-order valence-corrected chi connectivity index (χ0v) is 28.7. The van der Waals surface area contributed by atoms with Gasteiger partial charge < -0.3 is 59.3 Å². The summed E-state index contributed by atoms with van der Waals surface area (Å²) in [6.45, 7) is 4.96. The third-order valence-electron chi connectivity index (χ3n) is 7.22. The first-order valence-corrected chi connectivity index (χ1v) is 15.8. The van der Waals surface area contributed by atoms with E-state index >= 15 is 0 Å². The van der Waals surface area contributed by atoms with E-state index in [-0.39, 0.29) is 18.1 Å². The van der Waals surface area contributed by atoms with Crippen LogP contribution in [-0.4, -0.2) is 107 Å². The molecular formula is C31H47N9O11. The molecule has 0 saturated carbocycles. The van der Waals surface area contributed by atoms with Crippen molar-refractivity contribution in [1.29, 1.82) is 0 Å². The van der Waals surface area contributed by atoms with Crippen molar-refractivity contribution in [2.75, 3.05) is 13.1 Å². The Balaban J connectivity index is 3.06. The highest BCUT2D eigenvalue weighted by molar-refractivity contribution is 5.97. The number of aromatic hydroxyl groups is 1. The van der Waals surface area contributed by atoms with Crippen molar-refractivity contribution in [2.45, 2.75) is 77.2 Å². The molecule has 0 radical (unpaired) electrons. The number of carbonyl (C=O) groups is 9. The van der Waals surface area contributed by atoms with Crippen LogP contribution in [0.1, 0.15) is 46.1 Å². The third-order valence-corrected chi connectivity index (χ3v) is 7.22. The van der Waals surface area contributed by atoms with E-state index < -0.39 is 115 Å². The van der Waals surface area contributed by atoms with Crippen molar-refractivity contribution >= 4 is 53.2 Å². The highest BCUT2D eigenvalue weighted by atomic mass is 16.4. The van der Waals surface area contributed by atoms with Crippen LogP contribution in [0.2, 0.25) is 0 Å². The number of carbonyl (C=O) groups excluding carboxylic acids is 8. The van der Waals surface area contributed by atoms with E-state index in [4.69, 9.17) is 17.2 Å². The number of nitrogens with one attached hydrogen (secondary N) is 6. The average Bonchev–Trinajstić information content (AvgIpc) is 3.03. The first-order valence-electron chi connectivity index (χ1n) is 15.8. The van der Waals surface area contributed by atoms with E-state index in [0.29, 0.717) is 5.56 Å². The molecule has 14 N–H and O–H groups in total. The molecule has 0 aliphatic carbocycles. The van der Waals surface area contributed by atoms with Crippen molar-refractivity contribution in [3.8, 4) is 5.75 Å². The Morgan fingerprint density at radius 1 is 0.627 bits per heavy atom. The molecule has 1 aromatic carbocycles. The largest absolute Gasteiger partial charge is 0.508 e. The number of rotatable bonds is 21. The molecule has 51 heavy (non-hydrogen) atoms. The number of carboxylic acid groups (broad SMARTS) is 1. The van der Waals surface area contributed by atoms with Crippen LogP contribution < -0.4 is 49.1 Å². The molecular weight excluding hydrogens is 674 g/mol. The van der Waals surface area contributed by atoms with Gasteiger partial charge in [-0.05, 0) is 29.5 Å². The molecule has 0 saturated heterocycles. The Kier molecular flexibility index (Phi) is 17.5. The Bertz CT molecular complexity index is 1450. The van der Waals surface area contributed by atoms with E-state index in [2.05, 4.69) is 31.9 Å². The lowest BCUT2D eigenvalue weighted by atomic mass is 10.0. The van der Waals surface area contributed by atoms with Gasteiger partial charge in [-0.3, -0.25) is 38.4 Å². The molecule has 0 fully saturated rings. The predicted octanol–water partition coefficient (Wildman–Crippen LogP) is -4.42. The molecule has 0 aromatic heterocycles. The van der Waals surface area contributed by atoms with Crippen LogP contribution in [0, 0.1) is 11.8 Å². The molecule has 5 atom stereocenters. The number of nitrogens with two attached hydrogens (primary N) is 3. The lowest BCUT2D eigenvalue weighted by Gasteiger charge is -2.24. The van der Waals surface area contributed by atoms with Gasteiger partial charge >= 0.3 is 5.97 Å². The van der Waals surface area contributed by atoms with Crippen LogP contribution in [-0.2, 0) is 49.6 Å². The third kappa shape index (κ3) is 16.0. The number of phenolic OH excluding ortho intramolecular Hbond substituents is 1. The maximum absolute atomic E-state index is 13.3. The van der Waals surface area contributed by atoms with Crippen LogP contribution in [0.5, 0.6) is 5.75 Å². The van der Waals surface area contributed by atoms with Crippen LogP contribution in [0.4, 0.5) is 0 Å². The molecule has 0 bridgehead atoms. The number of carboxylic acids is 1. The molecule has 0 spiro atoms. The summed E-state index contributed by atoms with van der Waals surface area (Å²) in [7, 11) is 0. The highest BCUT2D eigenvalue weighted by Crippen LogP contribution is 2.12. The minimum Gasteiger partial charge on any atom is -0.508 e. The predicted molar refractivity (Wildman–Crippen MR) is 178 cm³/mol. The summed E-state index contributed by atoms with van der Waals surface area (Å²) < 4.78 is 0. The van der Waals surface area contributed by atoms with Crippen molar-refractivity contribution in [2.24, 2.45) is 29.0 Å². The number of primary amides is 2. The van der Waals surface area contributed by atoms with E-state index in [1.165, 1.54) is 24.3 Å². The Labute approximate surface area is 293 Å². The summed E-state index contributed by atoms with van der Waals surface area (Å²) in [4.78, 5) is 111. The number of benzene rings is 1. The molecule has 282 valence electrons. The molecule has 0 heterocycles. The first kappa shape index (κ1) is 43.2. The maximum atomic E-state index is 13.3. The van der Waals surface area contributed by atoms with E-state index in [1.807, 2.05) is 0 Å². The number of aliphatic carboxylic acids is 1. The Hall–Kier alpha value is -5.79. The zero-order chi connectivity index (χ0) is 39.0. The minimum absolute atomic E-state index is 0.0821. The Morgan fingerprint density at radius 2 is 1.08 bits per heavy atom. The van der Waals surface area contributed by atoms with Crippen LogP contribution in [0.25, 0.3) is 0 Å². The van der Waals surface area contributed by atoms with Crippen LogP contribution >= 0.6 is 0 Å². The fourth-order valence-electron chi connectivity index (χ4n) is 4.31. The normalized spacial score (nSPS) is 13.8. The Morgan fingerprint density at radius 3 is 1.53 bits per heavy atom. The highest BCUT2D eigenvalue weighted by Gasteiger charge is 2.31. The van der Waals surface area contributed by atoms with Crippen molar-refractivity contribution < 1.29 is 53.4 Å². The van der Waals surface area contributed by atoms with Crippen LogP contribution in [0.15, 0.2) is 24.3 Å². The van der Waals surface area contributed by atoms with Gasteiger partial charge in [0.2, 0.25) is 47.3 Å². The molecule has 1 rings (SSSR count). The van der Waals surface area contributed by atoms with E-state index in [0.717, 1.165) is 0 Å². The van der Waals surface area contributed by atoms with Crippen LogP contribution in [0.3, 0.4) is 0 Å². The molecule has 20 heteroatoms. The smallest absolute Gasteiger partial charge is 0.326 e. The van der Waals surface area contributed by atoms with Gasteiger partial charge in [0.15, 0.2) is 0 Å². The van der Waals surface area contributed by atoms with Crippen molar-refractivity contribution in [1.82, 2.24) is 31.9 Å². The molecule has 1 aromatic rings. The van der Waals surface area contributed by atoms with Gasteiger partial charge in [-0.25, -0.2) is 4.79 Å². The summed E-state index contributed by atoms with van der Waals surface area (Å²) in [5.41, 5.74) is 16.8. The van der Waals surface area contributed by atoms with E-state index in [9.17, 15) is 53.4 Å². The SMILES string of the molecule is CC(C)C(N)C(=O)NC(CC(N)=O)C(=O)NC(Cc1ccc(O)cc1)C(=O)NCC(=O)NC(CC(N)=O)C(=O)NCC(=O)NC(C(=O)O)C(C)C. The summed E-state index contributed by atoms with van der Waals surface area (Å²) in [6.07, 6.45) is -1.54. The number of hydrogen-bond donors (Lipinski definition) is 11. The fraction of sp³-hybridized carbons (Fsp3) is 0.516. The number of hydrogen-bond acceptors (Lipinski definition) is 11. The quantitative estimate of drug-likeness (QED) is 0.0573. The second kappa shape index (κ2) is 20.7. The van der Waals surface area contributed by atoms with Gasteiger partial charge in [0.05, 0.1) is 32.0 Å². The van der Waals surface area contributed by atoms with Crippen molar-refractivity contribution in [3.05, 3.63) is 29.8 Å². The average molecular weight is 722 g/mol. The summed E-state index contributed by atoms with van der Waals surface area (Å²) in [5, 5.41) is 32.5. The maximum Gasteiger partial charge on any atom is 0.326 e. The second-order valence-electron chi connectivity index (χ2n) is 12.3. The number of amides is 8. The van der Waals surface area contributed by atoms with Crippen molar-refractivity contribution in [3.63, 3.8) is 0 Å². The zero-order valence-electron chi connectivity index (χ0n) is 28.7. The molecule has 0 aliphatic rings. The number of phenols is 1. The van der Waals surface area contributed by atoms with E-state index in [1.54, 1.807) is 27.7 Å². The molecule has 5 unspecified atom stereocenters. The fourth-order valence-corrected chi connectivity index (χ4v) is 4.31. The monoisotopic (exact) mass is 721 g/mol. The van der Waals surface area contributed by atoms with Gasteiger partial charge in [-0.2, -0.15) is 0 Å². The second-order valence-corrected chi connectivity index (χ2v) is 12.3. The van der Waals surface area contributed by atoms with Gasteiger partial charge in [-0.15, -0.1) is 0 Å². The topological polar surface area (TPSA) is 344 Å². The summed E-state index contributed by atoms with van der Waals surface area (Å²) in [5.74, 6) is -9.64. The lowest BCUT2D eigenvalue weighted by molar-refractivity contribution is -0.143. The summed E-state index contributed by atoms with van der Waals surface area (Å²) >= 11 is 0. The van der Waals surface area contributed by atoms with Gasteiger partial charge in [-0.1, -0.05) is 39.8 Å². The van der Waals surface area contributed by atoms with Gasteiger partial charge in [0.1, 0.15) is 29.9 Å².